The largest absolute Gasteiger partial charge is 0.360 e. The molecule has 126 valence electrons. The van der Waals surface area contributed by atoms with Crippen molar-refractivity contribution in [3.8, 4) is 0 Å². The maximum absolute atomic E-state index is 12.6. The van der Waals surface area contributed by atoms with Gasteiger partial charge in [0.1, 0.15) is 5.76 Å². The molecule has 0 fully saturated rings. The van der Waals surface area contributed by atoms with Crippen LogP contribution in [0.2, 0.25) is 0 Å². The van der Waals surface area contributed by atoms with Crippen molar-refractivity contribution in [3.63, 3.8) is 0 Å². The number of hydrogen-bond donors (Lipinski definition) is 1. The lowest BCUT2D eigenvalue weighted by Crippen LogP contribution is -2.26. The van der Waals surface area contributed by atoms with Crippen LogP contribution in [0, 0.1) is 6.92 Å². The van der Waals surface area contributed by atoms with Crippen LogP contribution >= 0.6 is 0 Å². The fourth-order valence-electron chi connectivity index (χ4n) is 2.77. The summed E-state index contributed by atoms with van der Waals surface area (Å²) in [6.45, 7) is 4.77. The van der Waals surface area contributed by atoms with Gasteiger partial charge in [-0.25, -0.2) is 4.79 Å². The Kier molecular flexibility index (Phi) is 4.50. The van der Waals surface area contributed by atoms with Gasteiger partial charge in [-0.05, 0) is 25.5 Å². The van der Waals surface area contributed by atoms with Crippen LogP contribution in [0.5, 0.6) is 0 Å². The fourth-order valence-corrected chi connectivity index (χ4v) is 2.77. The van der Waals surface area contributed by atoms with E-state index in [0.717, 1.165) is 17.5 Å². The van der Waals surface area contributed by atoms with Gasteiger partial charge in [0.2, 0.25) is 5.91 Å². The third-order valence-electron chi connectivity index (χ3n) is 3.83. The predicted octanol–water partition coefficient (Wildman–Crippen LogP) is 2.54. The second-order valence-electron chi connectivity index (χ2n) is 5.70. The summed E-state index contributed by atoms with van der Waals surface area (Å²) < 4.78 is 8.32. The van der Waals surface area contributed by atoms with Gasteiger partial charge in [-0.3, -0.25) is 13.9 Å². The standard InChI is InChI=1S/C17H20N4O3/c1-3-9-20-13-6-4-5-7-14(13)21(17(20)23)10-8-16(22)18-15-11-12(2)24-19-15/h4-7,11H,3,8-10H2,1-2H3,(H,18,19,22). The predicted molar refractivity (Wildman–Crippen MR) is 91.0 cm³/mol. The second-order valence-corrected chi connectivity index (χ2v) is 5.70. The molecule has 0 aliphatic heterocycles. The van der Waals surface area contributed by atoms with Gasteiger partial charge in [-0.2, -0.15) is 0 Å². The molecular weight excluding hydrogens is 308 g/mol. The number of carbonyl (C=O) groups is 1. The molecule has 24 heavy (non-hydrogen) atoms. The third-order valence-corrected chi connectivity index (χ3v) is 3.83. The Bertz CT molecular complexity index is 919. The molecule has 7 nitrogen and oxygen atoms in total. The van der Waals surface area contributed by atoms with Gasteiger partial charge in [-0.1, -0.05) is 24.2 Å². The number of nitrogens with one attached hydrogen (secondary N) is 1. The molecule has 0 atom stereocenters. The lowest BCUT2D eigenvalue weighted by Gasteiger charge is -2.03. The summed E-state index contributed by atoms with van der Waals surface area (Å²) >= 11 is 0. The van der Waals surface area contributed by atoms with Gasteiger partial charge in [0, 0.05) is 25.6 Å². The molecule has 0 aliphatic rings. The van der Waals surface area contributed by atoms with E-state index >= 15 is 0 Å². The Morgan fingerprint density at radius 1 is 1.21 bits per heavy atom. The van der Waals surface area contributed by atoms with Crippen molar-refractivity contribution in [1.82, 2.24) is 14.3 Å². The number of amides is 1. The van der Waals surface area contributed by atoms with Crippen molar-refractivity contribution < 1.29 is 9.32 Å². The molecule has 0 radical (unpaired) electrons. The highest BCUT2D eigenvalue weighted by atomic mass is 16.5. The van der Waals surface area contributed by atoms with Crippen molar-refractivity contribution in [2.24, 2.45) is 0 Å². The summed E-state index contributed by atoms with van der Waals surface area (Å²) in [5.74, 6) is 0.810. The highest BCUT2D eigenvalue weighted by molar-refractivity contribution is 5.89. The van der Waals surface area contributed by atoms with Crippen molar-refractivity contribution in [1.29, 1.82) is 0 Å². The first-order valence-corrected chi connectivity index (χ1v) is 8.01. The second kappa shape index (κ2) is 6.74. The van der Waals surface area contributed by atoms with Gasteiger partial charge in [0.25, 0.3) is 0 Å². The summed E-state index contributed by atoms with van der Waals surface area (Å²) in [5.41, 5.74) is 1.67. The Morgan fingerprint density at radius 2 is 1.88 bits per heavy atom. The van der Waals surface area contributed by atoms with E-state index in [1.165, 1.54) is 0 Å². The van der Waals surface area contributed by atoms with Crippen molar-refractivity contribution in [2.45, 2.75) is 39.8 Å². The van der Waals surface area contributed by atoms with Crippen molar-refractivity contribution in [3.05, 3.63) is 46.6 Å². The van der Waals surface area contributed by atoms with Crippen LogP contribution in [0.25, 0.3) is 11.0 Å². The first kappa shape index (κ1) is 16.0. The normalized spacial score (nSPS) is 11.1. The summed E-state index contributed by atoms with van der Waals surface area (Å²) in [7, 11) is 0. The molecule has 0 bridgehead atoms. The van der Waals surface area contributed by atoms with E-state index in [4.69, 9.17) is 4.52 Å². The Hall–Kier alpha value is -2.83. The smallest absolute Gasteiger partial charge is 0.329 e. The number of hydrogen-bond acceptors (Lipinski definition) is 4. The molecule has 1 N–H and O–H groups in total. The molecule has 0 saturated carbocycles. The molecule has 1 amide bonds. The van der Waals surface area contributed by atoms with E-state index in [2.05, 4.69) is 10.5 Å². The minimum Gasteiger partial charge on any atom is -0.360 e. The zero-order valence-electron chi connectivity index (χ0n) is 13.8. The van der Waals surface area contributed by atoms with Crippen molar-refractivity contribution in [2.75, 3.05) is 5.32 Å². The molecule has 1 aromatic carbocycles. The number of nitrogens with zero attached hydrogens (tertiary/aromatic N) is 3. The van der Waals surface area contributed by atoms with Crippen LogP contribution in [0.15, 0.2) is 39.6 Å². The van der Waals surface area contributed by atoms with Crippen LogP contribution < -0.4 is 11.0 Å². The highest BCUT2D eigenvalue weighted by Crippen LogP contribution is 2.14. The highest BCUT2D eigenvalue weighted by Gasteiger charge is 2.13. The van der Waals surface area contributed by atoms with Crippen molar-refractivity contribution >= 4 is 22.8 Å². The summed E-state index contributed by atoms with van der Waals surface area (Å²) in [5, 5.41) is 6.39. The summed E-state index contributed by atoms with van der Waals surface area (Å²) in [6.07, 6.45) is 1.06. The minimum absolute atomic E-state index is 0.0804. The van der Waals surface area contributed by atoms with Gasteiger partial charge < -0.3 is 9.84 Å². The zero-order chi connectivity index (χ0) is 17.1. The van der Waals surface area contributed by atoms with E-state index in [0.29, 0.717) is 24.7 Å². The monoisotopic (exact) mass is 328 g/mol. The average molecular weight is 328 g/mol. The number of imidazole rings is 1. The maximum atomic E-state index is 12.6. The molecule has 0 unspecified atom stereocenters. The quantitative estimate of drug-likeness (QED) is 0.754. The average Bonchev–Trinajstić information content (AvgIpc) is 3.08. The van der Waals surface area contributed by atoms with E-state index < -0.39 is 0 Å². The topological polar surface area (TPSA) is 82.1 Å². The first-order valence-electron chi connectivity index (χ1n) is 8.01. The number of anilines is 1. The first-order chi connectivity index (χ1) is 11.6. The number of para-hydroxylation sites is 2. The summed E-state index contributed by atoms with van der Waals surface area (Å²) in [4.78, 5) is 24.7. The van der Waals surface area contributed by atoms with Gasteiger partial charge in [0.05, 0.1) is 11.0 Å². The number of aryl methyl sites for hydroxylation is 3. The summed E-state index contributed by atoms with van der Waals surface area (Å²) in [6, 6.07) is 9.30. The van der Waals surface area contributed by atoms with Gasteiger partial charge >= 0.3 is 5.69 Å². The molecule has 3 rings (SSSR count). The Morgan fingerprint density at radius 3 is 2.46 bits per heavy atom. The molecule has 0 saturated heterocycles. The molecule has 3 aromatic rings. The molecule has 2 heterocycles. The minimum atomic E-state index is -0.206. The fraction of sp³-hybridized carbons (Fsp3) is 0.353. The Labute approximate surface area is 138 Å². The number of rotatable bonds is 6. The Balaban J connectivity index is 1.78. The lowest BCUT2D eigenvalue weighted by atomic mass is 10.3. The van der Waals surface area contributed by atoms with Crippen LogP contribution in [-0.2, 0) is 17.9 Å². The van der Waals surface area contributed by atoms with Crippen LogP contribution in [0.1, 0.15) is 25.5 Å². The number of aromatic nitrogens is 3. The lowest BCUT2D eigenvalue weighted by molar-refractivity contribution is -0.116. The molecule has 0 aliphatic carbocycles. The SMILES string of the molecule is CCCn1c(=O)n(CCC(=O)Nc2cc(C)on2)c2ccccc21. The van der Waals surface area contributed by atoms with E-state index in [9.17, 15) is 9.59 Å². The third kappa shape index (κ3) is 3.10. The molecule has 7 heteroatoms. The van der Waals surface area contributed by atoms with Gasteiger partial charge in [-0.15, -0.1) is 0 Å². The van der Waals surface area contributed by atoms with E-state index in [-0.39, 0.29) is 18.0 Å². The molecular formula is C17H20N4O3. The molecule has 0 spiro atoms. The van der Waals surface area contributed by atoms with E-state index in [1.54, 1.807) is 22.1 Å². The van der Waals surface area contributed by atoms with Crippen LogP contribution in [0.3, 0.4) is 0 Å². The maximum Gasteiger partial charge on any atom is 0.329 e. The number of carbonyl (C=O) groups excluding carboxylic acids is 1. The zero-order valence-corrected chi connectivity index (χ0v) is 13.8. The number of benzene rings is 1. The van der Waals surface area contributed by atoms with E-state index in [1.807, 2.05) is 31.2 Å². The van der Waals surface area contributed by atoms with Gasteiger partial charge in [0.15, 0.2) is 5.82 Å². The number of fused-ring (bicyclic) bond motifs is 1. The molecule has 2 aromatic heterocycles. The van der Waals surface area contributed by atoms with Crippen LogP contribution in [-0.4, -0.2) is 20.2 Å². The van der Waals surface area contributed by atoms with Crippen LogP contribution in [0.4, 0.5) is 5.82 Å².